The number of piperazine rings is 1. The van der Waals surface area contributed by atoms with E-state index in [9.17, 15) is 18.7 Å². The second kappa shape index (κ2) is 8.08. The average Bonchev–Trinajstić information content (AvgIpc) is 3.50. The molecule has 7 nitrogen and oxygen atoms in total. The molecule has 10 heteroatoms. The van der Waals surface area contributed by atoms with Crippen molar-refractivity contribution in [1.82, 2.24) is 14.9 Å². The Bertz CT molecular complexity index is 933. The van der Waals surface area contributed by atoms with Crippen molar-refractivity contribution >= 4 is 29.2 Å². The molecule has 0 radical (unpaired) electrons. The second-order valence-corrected chi connectivity index (χ2v) is 7.62. The number of hydrogen-bond donors (Lipinski definition) is 2. The largest absolute Gasteiger partial charge is 0.476 e. The lowest BCUT2D eigenvalue weighted by atomic mass is 10.2. The molecule has 0 amide bonds. The van der Waals surface area contributed by atoms with Crippen LogP contribution in [-0.2, 0) is 6.54 Å². The quantitative estimate of drug-likeness (QED) is 0.739. The zero-order chi connectivity index (χ0) is 20.5. The van der Waals surface area contributed by atoms with Crippen molar-refractivity contribution in [2.75, 3.05) is 36.4 Å². The lowest BCUT2D eigenvalue weighted by molar-refractivity contribution is 0.0690. The lowest BCUT2D eigenvalue weighted by Crippen LogP contribution is -2.46. The van der Waals surface area contributed by atoms with E-state index < -0.39 is 17.6 Å². The molecule has 1 saturated carbocycles. The number of aromatic nitrogens is 2. The molecule has 0 atom stereocenters. The molecular formula is C19H20ClF2N5O2. The predicted molar refractivity (Wildman–Crippen MR) is 104 cm³/mol. The molecular weight excluding hydrogens is 404 g/mol. The number of carboxylic acids is 1. The van der Waals surface area contributed by atoms with Gasteiger partial charge >= 0.3 is 5.97 Å². The number of rotatable bonds is 6. The Balaban J connectivity index is 1.47. The molecule has 1 aliphatic heterocycles. The maximum absolute atomic E-state index is 13.9. The zero-order valence-electron chi connectivity index (χ0n) is 15.5. The monoisotopic (exact) mass is 423 g/mol. The smallest absolute Gasteiger partial charge is 0.357 e. The van der Waals surface area contributed by atoms with E-state index in [0.717, 1.165) is 18.9 Å². The van der Waals surface area contributed by atoms with Gasteiger partial charge in [0, 0.05) is 50.4 Å². The van der Waals surface area contributed by atoms with Crippen LogP contribution in [0, 0.1) is 11.6 Å². The third kappa shape index (κ3) is 4.56. The summed E-state index contributed by atoms with van der Waals surface area (Å²) in [5.41, 5.74) is 0.175. The van der Waals surface area contributed by atoms with Gasteiger partial charge < -0.3 is 15.3 Å². The summed E-state index contributed by atoms with van der Waals surface area (Å²) >= 11 is 6.04. The number of aromatic carboxylic acids is 1. The Morgan fingerprint density at radius 3 is 2.55 bits per heavy atom. The molecule has 1 aliphatic carbocycles. The first-order chi connectivity index (χ1) is 13.9. The Hall–Kier alpha value is -2.52. The second-order valence-electron chi connectivity index (χ2n) is 7.26. The molecule has 4 rings (SSSR count). The molecule has 2 aromatic rings. The van der Waals surface area contributed by atoms with Crippen molar-refractivity contribution in [2.24, 2.45) is 0 Å². The summed E-state index contributed by atoms with van der Waals surface area (Å²) in [5, 5.41) is 12.4. The Morgan fingerprint density at radius 2 is 1.93 bits per heavy atom. The molecule has 1 aromatic heterocycles. The third-order valence-corrected chi connectivity index (χ3v) is 5.30. The van der Waals surface area contributed by atoms with E-state index in [1.165, 1.54) is 12.1 Å². The minimum absolute atomic E-state index is 0.148. The van der Waals surface area contributed by atoms with Crippen LogP contribution in [-0.4, -0.2) is 58.2 Å². The van der Waals surface area contributed by atoms with E-state index in [4.69, 9.17) is 11.6 Å². The summed E-state index contributed by atoms with van der Waals surface area (Å²) in [7, 11) is 0. The van der Waals surface area contributed by atoms with E-state index >= 15 is 0 Å². The van der Waals surface area contributed by atoms with Gasteiger partial charge in [-0.3, -0.25) is 4.90 Å². The van der Waals surface area contributed by atoms with Crippen molar-refractivity contribution in [3.05, 3.63) is 46.2 Å². The highest BCUT2D eigenvalue weighted by Crippen LogP contribution is 2.31. The van der Waals surface area contributed by atoms with Gasteiger partial charge in [0.2, 0.25) is 0 Å². The van der Waals surface area contributed by atoms with Crippen molar-refractivity contribution in [1.29, 1.82) is 0 Å². The van der Waals surface area contributed by atoms with Crippen molar-refractivity contribution in [3.8, 4) is 0 Å². The summed E-state index contributed by atoms with van der Waals surface area (Å²) in [6, 6.07) is 3.88. The Labute approximate surface area is 171 Å². The summed E-state index contributed by atoms with van der Waals surface area (Å²) in [6.45, 7) is 2.86. The van der Waals surface area contributed by atoms with Crippen LogP contribution in [0.15, 0.2) is 18.2 Å². The first-order valence-corrected chi connectivity index (χ1v) is 9.77. The molecule has 29 heavy (non-hydrogen) atoms. The van der Waals surface area contributed by atoms with Crippen LogP contribution in [0.5, 0.6) is 0 Å². The van der Waals surface area contributed by atoms with Crippen LogP contribution < -0.4 is 10.2 Å². The number of benzene rings is 1. The van der Waals surface area contributed by atoms with Crippen LogP contribution in [0.25, 0.3) is 0 Å². The van der Waals surface area contributed by atoms with Crippen LogP contribution in [0.3, 0.4) is 0 Å². The molecule has 1 saturated heterocycles. The van der Waals surface area contributed by atoms with Gasteiger partial charge in [0.15, 0.2) is 22.5 Å². The number of carboxylic acid groups (broad SMARTS) is 1. The van der Waals surface area contributed by atoms with Crippen molar-refractivity contribution < 1.29 is 18.7 Å². The van der Waals surface area contributed by atoms with E-state index in [1.54, 1.807) is 0 Å². The fourth-order valence-electron chi connectivity index (χ4n) is 3.29. The van der Waals surface area contributed by atoms with Crippen molar-refractivity contribution in [2.45, 2.75) is 25.4 Å². The van der Waals surface area contributed by atoms with Gasteiger partial charge in [-0.1, -0.05) is 17.7 Å². The van der Waals surface area contributed by atoms with Crippen LogP contribution in [0.2, 0.25) is 5.15 Å². The van der Waals surface area contributed by atoms with E-state index in [2.05, 4.69) is 20.2 Å². The Morgan fingerprint density at radius 1 is 1.21 bits per heavy atom. The van der Waals surface area contributed by atoms with Crippen LogP contribution >= 0.6 is 11.6 Å². The molecule has 2 aliphatic rings. The fraction of sp³-hybridized carbons (Fsp3) is 0.421. The summed E-state index contributed by atoms with van der Waals surface area (Å²) in [5.74, 6) is -1.41. The maximum atomic E-state index is 13.9. The van der Waals surface area contributed by atoms with Gasteiger partial charge in [-0.25, -0.2) is 23.5 Å². The van der Waals surface area contributed by atoms with Gasteiger partial charge in [0.25, 0.3) is 0 Å². The topological polar surface area (TPSA) is 81.6 Å². The number of anilines is 2. The molecule has 2 heterocycles. The highest BCUT2D eigenvalue weighted by Gasteiger charge is 2.28. The minimum atomic E-state index is -1.22. The van der Waals surface area contributed by atoms with Gasteiger partial charge in [-0.15, -0.1) is 0 Å². The minimum Gasteiger partial charge on any atom is -0.476 e. The van der Waals surface area contributed by atoms with E-state index in [1.807, 2.05) is 4.90 Å². The van der Waals surface area contributed by atoms with Crippen LogP contribution in [0.1, 0.15) is 28.9 Å². The maximum Gasteiger partial charge on any atom is 0.357 e. The number of halogens is 3. The van der Waals surface area contributed by atoms with Gasteiger partial charge in [-0.05, 0) is 18.9 Å². The molecule has 2 N–H and O–H groups in total. The predicted octanol–water partition coefficient (Wildman–Crippen LogP) is 3.00. The highest BCUT2D eigenvalue weighted by molar-refractivity contribution is 6.32. The SMILES string of the molecule is O=C(O)c1nc(NC2CC2)c(N2CCN(Cc3ccc(F)cc3F)CC2)nc1Cl. The van der Waals surface area contributed by atoms with Gasteiger partial charge in [0.05, 0.1) is 0 Å². The normalized spacial score (nSPS) is 17.4. The van der Waals surface area contributed by atoms with Crippen LogP contribution in [0.4, 0.5) is 20.4 Å². The molecule has 2 fully saturated rings. The number of carbonyl (C=O) groups is 1. The lowest BCUT2D eigenvalue weighted by Gasteiger charge is -2.36. The van der Waals surface area contributed by atoms with Gasteiger partial charge in [-0.2, -0.15) is 0 Å². The molecule has 1 aromatic carbocycles. The summed E-state index contributed by atoms with van der Waals surface area (Å²) in [6.07, 6.45) is 2.01. The molecule has 0 bridgehead atoms. The first kappa shape index (κ1) is 19.8. The summed E-state index contributed by atoms with van der Waals surface area (Å²) < 4.78 is 27.0. The first-order valence-electron chi connectivity index (χ1n) is 9.39. The standard InChI is InChI=1S/C19H20ClF2N5O2/c20-16-15(19(28)29)24-17(23-13-3-4-13)18(25-16)27-7-5-26(6-8-27)10-11-1-2-12(21)9-14(11)22/h1-2,9,13H,3-8,10H2,(H,23,24)(H,28,29). The Kier molecular flexibility index (Phi) is 5.51. The molecule has 154 valence electrons. The number of nitrogens with zero attached hydrogens (tertiary/aromatic N) is 4. The molecule has 0 unspecified atom stereocenters. The zero-order valence-corrected chi connectivity index (χ0v) is 16.3. The molecule has 0 spiro atoms. The highest BCUT2D eigenvalue weighted by atomic mass is 35.5. The third-order valence-electron chi connectivity index (χ3n) is 5.04. The number of nitrogens with one attached hydrogen (secondary N) is 1. The fourth-order valence-corrected chi connectivity index (χ4v) is 3.49. The van der Waals surface area contributed by atoms with E-state index in [0.29, 0.717) is 49.9 Å². The van der Waals surface area contributed by atoms with Crippen molar-refractivity contribution in [3.63, 3.8) is 0 Å². The number of hydrogen-bond acceptors (Lipinski definition) is 6. The van der Waals surface area contributed by atoms with E-state index in [-0.39, 0.29) is 16.9 Å². The summed E-state index contributed by atoms with van der Waals surface area (Å²) in [4.78, 5) is 23.9. The average molecular weight is 424 g/mol. The van der Waals surface area contributed by atoms with Gasteiger partial charge in [0.1, 0.15) is 11.6 Å².